The van der Waals surface area contributed by atoms with Gasteiger partial charge in [0.05, 0.1) is 18.3 Å². The number of aliphatic imine (C=N–C) groups is 1. The van der Waals surface area contributed by atoms with Gasteiger partial charge in [-0.1, -0.05) is 36.4 Å². The van der Waals surface area contributed by atoms with E-state index in [-0.39, 0.29) is 0 Å². The summed E-state index contributed by atoms with van der Waals surface area (Å²) in [5.41, 5.74) is 1.86. The van der Waals surface area contributed by atoms with Gasteiger partial charge in [-0.25, -0.2) is 4.99 Å². The number of nitrogens with one attached hydrogen (secondary N) is 2. The van der Waals surface area contributed by atoms with E-state index in [2.05, 4.69) is 20.6 Å². The molecule has 2 aromatic rings. The van der Waals surface area contributed by atoms with Gasteiger partial charge in [0, 0.05) is 19.3 Å². The van der Waals surface area contributed by atoms with Crippen molar-refractivity contribution >= 4 is 5.96 Å². The Balaban J connectivity index is 1.82. The van der Waals surface area contributed by atoms with E-state index in [1.54, 1.807) is 6.20 Å². The van der Waals surface area contributed by atoms with Crippen LogP contribution in [0.15, 0.2) is 59.7 Å². The molecular formula is C18H24N4O. The molecule has 122 valence electrons. The molecule has 0 saturated carbocycles. The standard InChI is InChI=1S/C18H24N4O/c1-2-19-18(22-14-16-10-6-7-12-20-16)21-13-11-17(23)15-8-4-3-5-9-15/h3-10,12,17,23H,2,11,13-14H2,1H3,(H2,19,21,22). The number of rotatable bonds is 7. The second kappa shape index (κ2) is 9.58. The van der Waals surface area contributed by atoms with Gasteiger partial charge in [-0.3, -0.25) is 4.98 Å². The van der Waals surface area contributed by atoms with E-state index in [4.69, 9.17) is 0 Å². The highest BCUT2D eigenvalue weighted by Crippen LogP contribution is 2.14. The van der Waals surface area contributed by atoms with Crippen molar-refractivity contribution in [3.8, 4) is 0 Å². The molecule has 23 heavy (non-hydrogen) atoms. The molecule has 0 aliphatic carbocycles. The summed E-state index contributed by atoms with van der Waals surface area (Å²) in [7, 11) is 0. The van der Waals surface area contributed by atoms with Crippen LogP contribution in [0.1, 0.15) is 30.7 Å². The monoisotopic (exact) mass is 312 g/mol. The molecule has 1 atom stereocenters. The number of benzene rings is 1. The summed E-state index contributed by atoms with van der Waals surface area (Å²) >= 11 is 0. The van der Waals surface area contributed by atoms with Crippen LogP contribution in [0.25, 0.3) is 0 Å². The molecule has 0 aliphatic heterocycles. The number of hydrogen-bond donors (Lipinski definition) is 3. The minimum absolute atomic E-state index is 0.470. The fraction of sp³-hybridized carbons (Fsp3) is 0.333. The summed E-state index contributed by atoms with van der Waals surface area (Å²) in [6, 6.07) is 15.5. The third-order valence-corrected chi connectivity index (χ3v) is 3.36. The molecule has 1 aromatic carbocycles. The zero-order valence-corrected chi connectivity index (χ0v) is 13.4. The Hall–Kier alpha value is -2.40. The lowest BCUT2D eigenvalue weighted by Gasteiger charge is -2.14. The first-order valence-corrected chi connectivity index (χ1v) is 7.94. The summed E-state index contributed by atoms with van der Waals surface area (Å²) in [6.45, 7) is 3.98. The molecule has 0 amide bonds. The van der Waals surface area contributed by atoms with Gasteiger partial charge in [-0.05, 0) is 31.0 Å². The number of guanidine groups is 1. The molecule has 0 aliphatic rings. The van der Waals surface area contributed by atoms with Gasteiger partial charge in [0.2, 0.25) is 0 Å². The first kappa shape index (κ1) is 17.0. The maximum absolute atomic E-state index is 10.2. The Morgan fingerprint density at radius 1 is 1.13 bits per heavy atom. The van der Waals surface area contributed by atoms with E-state index >= 15 is 0 Å². The average molecular weight is 312 g/mol. The summed E-state index contributed by atoms with van der Waals surface area (Å²) in [6.07, 6.45) is 1.92. The molecule has 0 radical (unpaired) electrons. The normalized spacial score (nSPS) is 12.7. The molecule has 2 rings (SSSR count). The second-order valence-corrected chi connectivity index (χ2v) is 5.16. The molecule has 0 saturated heterocycles. The maximum atomic E-state index is 10.2. The number of aromatic nitrogens is 1. The zero-order chi connectivity index (χ0) is 16.3. The lowest BCUT2D eigenvalue weighted by molar-refractivity contribution is 0.168. The van der Waals surface area contributed by atoms with Crippen LogP contribution >= 0.6 is 0 Å². The van der Waals surface area contributed by atoms with E-state index in [9.17, 15) is 5.11 Å². The Kier molecular flexibility index (Phi) is 7.07. The average Bonchev–Trinajstić information content (AvgIpc) is 2.61. The molecule has 1 heterocycles. The summed E-state index contributed by atoms with van der Waals surface area (Å²) in [5.74, 6) is 0.735. The van der Waals surface area contributed by atoms with Crippen molar-refractivity contribution in [1.82, 2.24) is 15.6 Å². The van der Waals surface area contributed by atoms with E-state index in [1.165, 1.54) is 0 Å². The number of aliphatic hydroxyl groups excluding tert-OH is 1. The number of pyridine rings is 1. The fourth-order valence-corrected chi connectivity index (χ4v) is 2.16. The number of aliphatic hydroxyl groups is 1. The summed E-state index contributed by atoms with van der Waals surface area (Å²) in [4.78, 5) is 8.76. The molecule has 5 heteroatoms. The minimum atomic E-state index is -0.470. The van der Waals surface area contributed by atoms with Crippen molar-refractivity contribution in [1.29, 1.82) is 0 Å². The van der Waals surface area contributed by atoms with Crippen LogP contribution in [-0.4, -0.2) is 29.1 Å². The van der Waals surface area contributed by atoms with Crippen molar-refractivity contribution in [2.75, 3.05) is 13.1 Å². The largest absolute Gasteiger partial charge is 0.388 e. The van der Waals surface area contributed by atoms with Crippen molar-refractivity contribution in [2.45, 2.75) is 26.0 Å². The van der Waals surface area contributed by atoms with Gasteiger partial charge in [0.1, 0.15) is 0 Å². The Bertz CT molecular complexity index is 586. The summed E-state index contributed by atoms with van der Waals surface area (Å²) < 4.78 is 0. The van der Waals surface area contributed by atoms with Crippen molar-refractivity contribution in [2.24, 2.45) is 4.99 Å². The topological polar surface area (TPSA) is 69.5 Å². The molecule has 1 aromatic heterocycles. The van der Waals surface area contributed by atoms with E-state index in [0.29, 0.717) is 19.5 Å². The van der Waals surface area contributed by atoms with E-state index in [1.807, 2.05) is 55.5 Å². The smallest absolute Gasteiger partial charge is 0.191 e. The maximum Gasteiger partial charge on any atom is 0.191 e. The van der Waals surface area contributed by atoms with Crippen LogP contribution in [0.4, 0.5) is 0 Å². The lowest BCUT2D eigenvalue weighted by Crippen LogP contribution is -2.38. The Morgan fingerprint density at radius 2 is 1.91 bits per heavy atom. The quantitative estimate of drug-likeness (QED) is 0.542. The molecular weight excluding hydrogens is 288 g/mol. The van der Waals surface area contributed by atoms with Gasteiger partial charge in [-0.2, -0.15) is 0 Å². The van der Waals surface area contributed by atoms with Crippen LogP contribution in [0, 0.1) is 0 Å². The van der Waals surface area contributed by atoms with Crippen LogP contribution < -0.4 is 10.6 Å². The van der Waals surface area contributed by atoms with Gasteiger partial charge >= 0.3 is 0 Å². The van der Waals surface area contributed by atoms with Crippen LogP contribution in [0.5, 0.6) is 0 Å². The third-order valence-electron chi connectivity index (χ3n) is 3.36. The zero-order valence-electron chi connectivity index (χ0n) is 13.4. The molecule has 0 fully saturated rings. The van der Waals surface area contributed by atoms with Crippen LogP contribution in [-0.2, 0) is 6.54 Å². The van der Waals surface area contributed by atoms with Gasteiger partial charge in [0.25, 0.3) is 0 Å². The van der Waals surface area contributed by atoms with Crippen molar-refractivity contribution < 1.29 is 5.11 Å². The summed E-state index contributed by atoms with van der Waals surface area (Å²) in [5, 5.41) is 16.6. The second-order valence-electron chi connectivity index (χ2n) is 5.16. The Morgan fingerprint density at radius 3 is 2.61 bits per heavy atom. The molecule has 3 N–H and O–H groups in total. The van der Waals surface area contributed by atoms with E-state index < -0.39 is 6.10 Å². The first-order chi connectivity index (χ1) is 11.3. The van der Waals surface area contributed by atoms with Crippen LogP contribution in [0.3, 0.4) is 0 Å². The van der Waals surface area contributed by atoms with Crippen molar-refractivity contribution in [3.05, 3.63) is 66.0 Å². The predicted molar refractivity (Wildman–Crippen MR) is 93.1 cm³/mol. The van der Waals surface area contributed by atoms with Gasteiger partial charge in [-0.15, -0.1) is 0 Å². The van der Waals surface area contributed by atoms with Crippen LogP contribution in [0.2, 0.25) is 0 Å². The number of nitrogens with zero attached hydrogens (tertiary/aromatic N) is 2. The lowest BCUT2D eigenvalue weighted by atomic mass is 10.1. The van der Waals surface area contributed by atoms with Crippen molar-refractivity contribution in [3.63, 3.8) is 0 Å². The molecule has 1 unspecified atom stereocenters. The minimum Gasteiger partial charge on any atom is -0.388 e. The number of hydrogen-bond acceptors (Lipinski definition) is 3. The SMILES string of the molecule is CCNC(=NCc1ccccn1)NCCC(O)c1ccccc1. The van der Waals surface area contributed by atoms with Gasteiger partial charge in [0.15, 0.2) is 5.96 Å². The first-order valence-electron chi connectivity index (χ1n) is 7.94. The molecule has 0 spiro atoms. The highest BCUT2D eigenvalue weighted by atomic mass is 16.3. The Labute approximate surface area is 137 Å². The third kappa shape index (κ3) is 6.08. The van der Waals surface area contributed by atoms with Gasteiger partial charge < -0.3 is 15.7 Å². The highest BCUT2D eigenvalue weighted by molar-refractivity contribution is 5.79. The van der Waals surface area contributed by atoms with E-state index in [0.717, 1.165) is 23.8 Å². The fourth-order valence-electron chi connectivity index (χ4n) is 2.16. The highest BCUT2D eigenvalue weighted by Gasteiger charge is 2.06. The molecule has 0 bridgehead atoms. The molecule has 5 nitrogen and oxygen atoms in total. The predicted octanol–water partition coefficient (Wildman–Crippen LogP) is 2.26.